The van der Waals surface area contributed by atoms with Crippen LogP contribution in [-0.4, -0.2) is 48.1 Å². The fourth-order valence-corrected chi connectivity index (χ4v) is 4.27. The Labute approximate surface area is 219 Å². The van der Waals surface area contributed by atoms with Crippen LogP contribution in [0.3, 0.4) is 0 Å². The molecule has 3 rings (SSSR count). The quantitative estimate of drug-likeness (QED) is 0.360. The van der Waals surface area contributed by atoms with Crippen molar-refractivity contribution in [2.45, 2.75) is 51.2 Å². The highest BCUT2D eigenvalue weighted by Crippen LogP contribution is 2.34. The third kappa shape index (κ3) is 7.69. The first-order chi connectivity index (χ1) is 17.7. The molecule has 0 radical (unpaired) electrons. The van der Waals surface area contributed by atoms with E-state index >= 15 is 0 Å². The zero-order valence-electron chi connectivity index (χ0n) is 21.7. The lowest BCUT2D eigenvalue weighted by Crippen LogP contribution is -2.44. The minimum absolute atomic E-state index is 0.106. The molecule has 2 aromatic rings. The van der Waals surface area contributed by atoms with Crippen molar-refractivity contribution >= 4 is 11.5 Å². The van der Waals surface area contributed by atoms with Crippen molar-refractivity contribution in [2.24, 2.45) is 5.41 Å². The number of benzene rings is 2. The van der Waals surface area contributed by atoms with E-state index in [1.165, 1.54) is 11.6 Å². The number of nitriles is 1. The number of methoxy groups -OCH3 is 1. The number of aliphatic hydroxyl groups is 1. The van der Waals surface area contributed by atoms with Crippen LogP contribution in [-0.2, 0) is 11.2 Å². The fourth-order valence-electron chi connectivity index (χ4n) is 4.27. The Morgan fingerprint density at radius 2 is 2.03 bits per heavy atom. The Morgan fingerprint density at radius 3 is 2.70 bits per heavy atom. The first kappa shape index (κ1) is 28.0. The average Bonchev–Trinajstić information content (AvgIpc) is 2.91. The van der Waals surface area contributed by atoms with E-state index in [9.17, 15) is 20.3 Å². The van der Waals surface area contributed by atoms with Crippen molar-refractivity contribution in [1.29, 1.82) is 5.26 Å². The number of hydrogen-bond donors (Lipinski definition) is 3. The van der Waals surface area contributed by atoms with Gasteiger partial charge in [-0.05, 0) is 74.4 Å². The molecule has 7 nitrogen and oxygen atoms in total. The predicted molar refractivity (Wildman–Crippen MR) is 143 cm³/mol. The number of aryl methyl sites for hydroxylation is 1. The van der Waals surface area contributed by atoms with Gasteiger partial charge in [0, 0.05) is 12.1 Å². The molecule has 1 unspecified atom stereocenters. The number of carboxylic acids is 1. The van der Waals surface area contributed by atoms with E-state index in [4.69, 9.17) is 9.47 Å². The van der Waals surface area contributed by atoms with Gasteiger partial charge in [-0.1, -0.05) is 48.6 Å². The number of ether oxygens (including phenoxy) is 2. The number of β-amino-alcohol motifs (C(OH)–C–C–N with tert-alkyl or cyclic N) is 1. The first-order valence-electron chi connectivity index (χ1n) is 12.5. The summed E-state index contributed by atoms with van der Waals surface area (Å²) in [5, 5.41) is 32.6. The monoisotopic (exact) mass is 504 g/mol. The van der Waals surface area contributed by atoms with E-state index in [0.29, 0.717) is 12.3 Å². The van der Waals surface area contributed by atoms with Crippen molar-refractivity contribution in [3.05, 3.63) is 77.9 Å². The molecule has 7 heteroatoms. The van der Waals surface area contributed by atoms with E-state index in [2.05, 4.69) is 25.2 Å². The zero-order chi connectivity index (χ0) is 26.9. The third-order valence-corrected chi connectivity index (χ3v) is 6.64. The topological polar surface area (TPSA) is 112 Å². The number of nitrogens with one attached hydrogen (secondary N) is 1. The van der Waals surface area contributed by atoms with Gasteiger partial charge in [-0.3, -0.25) is 4.79 Å². The number of aliphatic carboxylic acids is 1. The summed E-state index contributed by atoms with van der Waals surface area (Å²) in [4.78, 5) is 11.4. The predicted octanol–water partition coefficient (Wildman–Crippen LogP) is 4.76. The van der Waals surface area contributed by atoms with Gasteiger partial charge in [-0.25, -0.2) is 0 Å². The lowest BCUT2D eigenvalue weighted by Gasteiger charge is -2.28. The fraction of sp³-hybridized carbons (Fsp3) is 0.400. The number of carbonyl (C=O) groups is 1. The molecule has 0 bridgehead atoms. The lowest BCUT2D eigenvalue weighted by atomic mass is 9.80. The van der Waals surface area contributed by atoms with Crippen LogP contribution in [0.4, 0.5) is 0 Å². The molecule has 0 aliphatic heterocycles. The summed E-state index contributed by atoms with van der Waals surface area (Å²) >= 11 is 0. The molecule has 1 aliphatic carbocycles. The maximum atomic E-state index is 11.4. The van der Waals surface area contributed by atoms with Crippen molar-refractivity contribution in [1.82, 2.24) is 5.32 Å². The van der Waals surface area contributed by atoms with Gasteiger partial charge in [-0.2, -0.15) is 5.26 Å². The minimum atomic E-state index is -1.52. The van der Waals surface area contributed by atoms with Gasteiger partial charge in [0.1, 0.15) is 24.2 Å². The number of hydrogen-bond acceptors (Lipinski definition) is 6. The molecule has 0 amide bonds. The van der Waals surface area contributed by atoms with E-state index in [-0.39, 0.29) is 18.6 Å². The molecule has 0 aromatic heterocycles. The van der Waals surface area contributed by atoms with Crippen molar-refractivity contribution in [3.8, 4) is 17.6 Å². The van der Waals surface area contributed by atoms with Crippen molar-refractivity contribution < 1.29 is 24.5 Å². The molecule has 0 heterocycles. The standard InChI is InChI=1S/C30H36N2O5/c1-29(2,15-7-10-23-8-4-5-12-27(23)36-3)32-19-25(33)20-37-26-11-6-9-24(18-26)22-13-16-30(21-31,17-14-22)28(34)35/h4-6,8-9,11-14,16,18,25,32-33H,7,10,15,17,19-20H2,1-3H3,(H,34,35)/t25-,30?/m1/s1. The van der Waals surface area contributed by atoms with Crippen molar-refractivity contribution in [2.75, 3.05) is 20.3 Å². The number of para-hydroxylation sites is 1. The number of carboxylic acid groups (broad SMARTS) is 1. The number of aliphatic hydroxyl groups excluding tert-OH is 1. The van der Waals surface area contributed by atoms with E-state index < -0.39 is 17.5 Å². The molecule has 0 fully saturated rings. The summed E-state index contributed by atoms with van der Waals surface area (Å²) in [6, 6.07) is 17.3. The van der Waals surface area contributed by atoms with Crippen LogP contribution < -0.4 is 14.8 Å². The van der Waals surface area contributed by atoms with Crippen LogP contribution in [0.1, 0.15) is 44.2 Å². The Morgan fingerprint density at radius 1 is 1.24 bits per heavy atom. The van der Waals surface area contributed by atoms with Gasteiger partial charge in [0.05, 0.1) is 13.2 Å². The zero-order valence-corrected chi connectivity index (χ0v) is 21.7. The number of nitrogens with zero attached hydrogens (tertiary/aromatic N) is 1. The van der Waals surface area contributed by atoms with E-state index in [0.717, 1.165) is 36.1 Å². The second-order valence-electron chi connectivity index (χ2n) is 10.0. The van der Waals surface area contributed by atoms with Gasteiger partial charge in [0.15, 0.2) is 5.41 Å². The molecule has 2 aromatic carbocycles. The molecule has 196 valence electrons. The van der Waals surface area contributed by atoms with Crippen LogP contribution >= 0.6 is 0 Å². The summed E-state index contributed by atoms with van der Waals surface area (Å²) in [5.74, 6) is 0.370. The highest BCUT2D eigenvalue weighted by atomic mass is 16.5. The van der Waals surface area contributed by atoms with Gasteiger partial charge in [0.25, 0.3) is 0 Å². The maximum absolute atomic E-state index is 11.4. The molecule has 0 saturated carbocycles. The third-order valence-electron chi connectivity index (χ3n) is 6.64. The Kier molecular flexibility index (Phi) is 9.51. The normalized spacial score (nSPS) is 18.0. The SMILES string of the molecule is COc1ccccc1CCCC(C)(C)NC[C@@H](O)COc1cccc(C2=CCC(C#N)(C(=O)O)C=C2)c1. The highest BCUT2D eigenvalue weighted by Gasteiger charge is 2.36. The maximum Gasteiger partial charge on any atom is 0.328 e. The van der Waals surface area contributed by atoms with Gasteiger partial charge in [0.2, 0.25) is 0 Å². The van der Waals surface area contributed by atoms with Crippen LogP contribution in [0.5, 0.6) is 11.5 Å². The molecular formula is C30H36N2O5. The van der Waals surface area contributed by atoms with E-state index in [1.54, 1.807) is 19.3 Å². The molecule has 0 spiro atoms. The summed E-state index contributed by atoms with van der Waals surface area (Å²) in [6.07, 6.45) is 7.14. The molecule has 37 heavy (non-hydrogen) atoms. The molecule has 3 N–H and O–H groups in total. The molecule has 1 aliphatic rings. The molecule has 2 atom stereocenters. The largest absolute Gasteiger partial charge is 0.496 e. The number of allylic oxidation sites excluding steroid dienone is 3. The van der Waals surface area contributed by atoms with Crippen LogP contribution in [0.15, 0.2) is 66.8 Å². The summed E-state index contributed by atoms with van der Waals surface area (Å²) in [6.45, 7) is 4.80. The molecular weight excluding hydrogens is 468 g/mol. The average molecular weight is 505 g/mol. The van der Waals surface area contributed by atoms with E-state index in [1.807, 2.05) is 48.5 Å². The highest BCUT2D eigenvalue weighted by molar-refractivity contribution is 5.85. The summed E-state index contributed by atoms with van der Waals surface area (Å²) in [7, 11) is 1.69. The van der Waals surface area contributed by atoms with Crippen molar-refractivity contribution in [3.63, 3.8) is 0 Å². The van der Waals surface area contributed by atoms with Gasteiger partial charge < -0.3 is 25.0 Å². The Bertz CT molecular complexity index is 1180. The second-order valence-corrected chi connectivity index (χ2v) is 10.0. The van der Waals surface area contributed by atoms with Gasteiger partial charge in [-0.15, -0.1) is 0 Å². The molecule has 0 saturated heterocycles. The lowest BCUT2D eigenvalue weighted by molar-refractivity contribution is -0.143. The Hall–Kier alpha value is -3.60. The smallest absolute Gasteiger partial charge is 0.328 e. The summed E-state index contributed by atoms with van der Waals surface area (Å²) < 4.78 is 11.3. The first-order valence-corrected chi connectivity index (χ1v) is 12.5. The second kappa shape index (κ2) is 12.6. The Balaban J connectivity index is 1.45. The minimum Gasteiger partial charge on any atom is -0.496 e. The number of rotatable bonds is 13. The van der Waals surface area contributed by atoms with Crippen LogP contribution in [0.25, 0.3) is 5.57 Å². The van der Waals surface area contributed by atoms with Crippen LogP contribution in [0, 0.1) is 16.7 Å². The summed E-state index contributed by atoms with van der Waals surface area (Å²) in [5.41, 5.74) is 1.22. The van der Waals surface area contributed by atoms with Crippen LogP contribution in [0.2, 0.25) is 0 Å². The van der Waals surface area contributed by atoms with Gasteiger partial charge >= 0.3 is 5.97 Å².